The zero-order valence-corrected chi connectivity index (χ0v) is 7.55. The highest BCUT2D eigenvalue weighted by atomic mass is 32.2. The van der Waals surface area contributed by atoms with Crippen LogP contribution in [0.15, 0.2) is 5.16 Å². The summed E-state index contributed by atoms with van der Waals surface area (Å²) in [4.78, 5) is 6.77. The summed E-state index contributed by atoms with van der Waals surface area (Å²) >= 11 is 6.28. The maximum Gasteiger partial charge on any atom is 0.168 e. The highest BCUT2D eigenvalue weighted by molar-refractivity contribution is 7.98. The lowest BCUT2D eigenvalue weighted by Gasteiger charge is -2.01. The van der Waals surface area contributed by atoms with Crippen LogP contribution in [0, 0.1) is 4.64 Å². The molecule has 0 aliphatic carbocycles. The van der Waals surface area contributed by atoms with E-state index in [1.54, 1.807) is 0 Å². The van der Waals surface area contributed by atoms with Gasteiger partial charge in [-0.2, -0.15) is 0 Å². The quantitative estimate of drug-likeness (QED) is 0.348. The van der Waals surface area contributed by atoms with Crippen molar-refractivity contribution >= 4 is 35.5 Å². The number of nitrogens with zero attached hydrogens (tertiary/aromatic N) is 1. The van der Waals surface area contributed by atoms with Crippen molar-refractivity contribution in [1.29, 1.82) is 0 Å². The maximum absolute atomic E-state index is 5.50. The number of H-pyrrole nitrogens is 1. The minimum atomic E-state index is 0.345. The summed E-state index contributed by atoms with van der Waals surface area (Å²) in [6.45, 7) is 0. The van der Waals surface area contributed by atoms with Crippen LogP contribution in [-0.2, 0) is 0 Å². The average molecular weight is 188 g/mol. The molecule has 6 heteroatoms. The van der Waals surface area contributed by atoms with Crippen molar-refractivity contribution < 1.29 is 0 Å². The standard InChI is InChI=1S/C5H8N4S2/c1-11-5-8-3(7)2(6)4(10)9-5/h6H2,1H3,(H3,7,8,9,10). The van der Waals surface area contributed by atoms with Gasteiger partial charge in [0.05, 0.1) is 0 Å². The Morgan fingerprint density at radius 3 is 2.64 bits per heavy atom. The molecule has 60 valence electrons. The fourth-order valence-corrected chi connectivity index (χ4v) is 1.23. The van der Waals surface area contributed by atoms with Gasteiger partial charge in [-0.25, -0.2) is 4.98 Å². The Labute approximate surface area is 73.4 Å². The van der Waals surface area contributed by atoms with Gasteiger partial charge < -0.3 is 16.5 Å². The zero-order chi connectivity index (χ0) is 8.43. The molecule has 1 aromatic rings. The van der Waals surface area contributed by atoms with Crippen LogP contribution in [-0.4, -0.2) is 16.2 Å². The van der Waals surface area contributed by atoms with Crippen LogP contribution < -0.4 is 11.5 Å². The summed E-state index contributed by atoms with van der Waals surface area (Å²) in [5.74, 6) is 0.384. The Morgan fingerprint density at radius 1 is 1.55 bits per heavy atom. The molecular weight excluding hydrogens is 180 g/mol. The smallest absolute Gasteiger partial charge is 0.168 e. The average Bonchev–Trinajstić information content (AvgIpc) is 1.99. The summed E-state index contributed by atoms with van der Waals surface area (Å²) in [6.07, 6.45) is 1.88. The topological polar surface area (TPSA) is 80.7 Å². The molecule has 0 atom stereocenters. The number of thioether (sulfide) groups is 1. The van der Waals surface area contributed by atoms with E-state index in [1.807, 2.05) is 6.26 Å². The molecule has 0 aliphatic heterocycles. The van der Waals surface area contributed by atoms with Crippen LogP contribution in [0.2, 0.25) is 0 Å². The second-order valence-electron chi connectivity index (χ2n) is 1.88. The third-order valence-electron chi connectivity index (χ3n) is 1.16. The lowest BCUT2D eigenvalue weighted by molar-refractivity contribution is 0.972. The molecule has 1 heterocycles. The van der Waals surface area contributed by atoms with Crippen molar-refractivity contribution in [1.82, 2.24) is 9.97 Å². The first-order chi connectivity index (χ1) is 5.15. The normalized spacial score (nSPS) is 9.91. The van der Waals surface area contributed by atoms with Crippen LogP contribution in [0.4, 0.5) is 11.5 Å². The van der Waals surface area contributed by atoms with Crippen LogP contribution in [0.1, 0.15) is 0 Å². The highest BCUT2D eigenvalue weighted by Gasteiger charge is 1.99. The molecular formula is C5H8N4S2. The van der Waals surface area contributed by atoms with Gasteiger partial charge in [-0.15, -0.1) is 0 Å². The zero-order valence-electron chi connectivity index (χ0n) is 5.92. The molecule has 0 aromatic carbocycles. The Bertz CT molecular complexity index is 319. The molecule has 0 amide bonds. The van der Waals surface area contributed by atoms with Crippen molar-refractivity contribution in [3.05, 3.63) is 4.64 Å². The Hall–Kier alpha value is -0.750. The lowest BCUT2D eigenvalue weighted by atomic mass is 10.5. The van der Waals surface area contributed by atoms with E-state index in [2.05, 4.69) is 9.97 Å². The van der Waals surface area contributed by atoms with Gasteiger partial charge >= 0.3 is 0 Å². The number of hydrogen-bond acceptors (Lipinski definition) is 5. The fraction of sp³-hybridized carbons (Fsp3) is 0.200. The number of nitrogens with one attached hydrogen (secondary N) is 1. The first-order valence-electron chi connectivity index (χ1n) is 2.84. The van der Waals surface area contributed by atoms with Gasteiger partial charge in [0, 0.05) is 0 Å². The Kier molecular flexibility index (Phi) is 2.35. The number of nitrogens with two attached hydrogens (primary N) is 2. The predicted molar refractivity (Wildman–Crippen MR) is 50.0 cm³/mol. The second kappa shape index (κ2) is 3.10. The molecule has 1 rings (SSSR count). The summed E-state index contributed by atoms with van der Waals surface area (Å²) in [6, 6.07) is 0. The van der Waals surface area contributed by atoms with Crippen molar-refractivity contribution in [3.8, 4) is 0 Å². The largest absolute Gasteiger partial charge is 0.393 e. The predicted octanol–water partition coefficient (Wildman–Crippen LogP) is 1.03. The monoisotopic (exact) mass is 188 g/mol. The summed E-state index contributed by atoms with van der Waals surface area (Å²) < 4.78 is 0.352. The molecule has 11 heavy (non-hydrogen) atoms. The Balaban J connectivity index is 3.32. The van der Waals surface area contributed by atoms with E-state index in [4.69, 9.17) is 23.7 Å². The molecule has 0 fully saturated rings. The molecule has 0 spiro atoms. The fourth-order valence-electron chi connectivity index (χ4n) is 0.575. The second-order valence-corrected chi connectivity index (χ2v) is 3.06. The van der Waals surface area contributed by atoms with Gasteiger partial charge in [0.1, 0.15) is 11.5 Å². The molecule has 5 N–H and O–H groups in total. The molecule has 0 saturated carbocycles. The van der Waals surface area contributed by atoms with Gasteiger partial charge in [0.2, 0.25) is 0 Å². The molecule has 4 nitrogen and oxygen atoms in total. The van der Waals surface area contributed by atoms with Crippen molar-refractivity contribution in [2.75, 3.05) is 17.7 Å². The third kappa shape index (κ3) is 1.63. The van der Waals surface area contributed by atoms with Gasteiger partial charge in [-0.3, -0.25) is 0 Å². The van der Waals surface area contributed by atoms with E-state index in [1.165, 1.54) is 11.8 Å². The minimum absolute atomic E-state index is 0.345. The summed E-state index contributed by atoms with van der Waals surface area (Å²) in [5.41, 5.74) is 11.3. The number of nitrogen functional groups attached to an aromatic ring is 2. The van der Waals surface area contributed by atoms with Gasteiger partial charge in [0.15, 0.2) is 9.80 Å². The summed E-state index contributed by atoms with van der Waals surface area (Å²) in [5, 5.41) is 0.682. The molecule has 0 aliphatic rings. The van der Waals surface area contributed by atoms with Crippen LogP contribution in [0.5, 0.6) is 0 Å². The van der Waals surface area contributed by atoms with Crippen LogP contribution in [0.25, 0.3) is 0 Å². The van der Waals surface area contributed by atoms with Gasteiger partial charge in [-0.05, 0) is 6.26 Å². The number of anilines is 2. The Morgan fingerprint density at radius 2 is 2.18 bits per heavy atom. The molecule has 1 aromatic heterocycles. The maximum atomic E-state index is 5.50. The van der Waals surface area contributed by atoms with E-state index in [9.17, 15) is 0 Å². The van der Waals surface area contributed by atoms with Gasteiger partial charge in [0.25, 0.3) is 0 Å². The molecule has 0 radical (unpaired) electrons. The van der Waals surface area contributed by atoms with E-state index in [-0.39, 0.29) is 0 Å². The first-order valence-corrected chi connectivity index (χ1v) is 4.47. The lowest BCUT2D eigenvalue weighted by Crippen LogP contribution is -2.01. The summed E-state index contributed by atoms with van der Waals surface area (Å²) in [7, 11) is 0. The third-order valence-corrected chi connectivity index (χ3v) is 2.05. The van der Waals surface area contributed by atoms with E-state index < -0.39 is 0 Å². The first kappa shape index (κ1) is 8.35. The molecule has 0 bridgehead atoms. The number of rotatable bonds is 1. The van der Waals surface area contributed by atoms with Gasteiger partial charge in [-0.1, -0.05) is 24.0 Å². The van der Waals surface area contributed by atoms with E-state index in [0.29, 0.717) is 21.3 Å². The van der Waals surface area contributed by atoms with Crippen LogP contribution >= 0.6 is 24.0 Å². The van der Waals surface area contributed by atoms with Crippen molar-refractivity contribution in [3.63, 3.8) is 0 Å². The number of aromatic nitrogens is 2. The van der Waals surface area contributed by atoms with Crippen molar-refractivity contribution in [2.45, 2.75) is 5.16 Å². The van der Waals surface area contributed by atoms with Crippen LogP contribution in [0.3, 0.4) is 0 Å². The molecule has 0 unspecified atom stereocenters. The number of hydrogen-bond donors (Lipinski definition) is 3. The highest BCUT2D eigenvalue weighted by Crippen LogP contribution is 2.16. The minimum Gasteiger partial charge on any atom is -0.393 e. The number of aromatic amines is 1. The molecule has 0 saturated heterocycles. The van der Waals surface area contributed by atoms with E-state index in [0.717, 1.165) is 0 Å². The van der Waals surface area contributed by atoms with E-state index >= 15 is 0 Å². The van der Waals surface area contributed by atoms with Crippen molar-refractivity contribution in [2.24, 2.45) is 0 Å². The SMILES string of the molecule is CSc1nc(=S)c(N)c(N)[nH]1.